The zero-order valence-corrected chi connectivity index (χ0v) is 14.2. The molecule has 1 heterocycles. The summed E-state index contributed by atoms with van der Waals surface area (Å²) in [5.74, 6) is -1.71. The van der Waals surface area contributed by atoms with Gasteiger partial charge in [0.1, 0.15) is 5.82 Å². The number of amides is 3. The summed E-state index contributed by atoms with van der Waals surface area (Å²) in [6.07, 6.45) is 1.95. The Morgan fingerprint density at radius 1 is 1.15 bits per heavy atom. The second-order valence-corrected chi connectivity index (χ2v) is 6.16. The average Bonchev–Trinajstić information content (AvgIpc) is 3.45. The van der Waals surface area contributed by atoms with Crippen LogP contribution in [-0.4, -0.2) is 33.3 Å². The summed E-state index contributed by atoms with van der Waals surface area (Å²) < 4.78 is 1.40. The van der Waals surface area contributed by atoms with Gasteiger partial charge < -0.3 is 5.32 Å². The second-order valence-electron chi connectivity index (χ2n) is 6.16. The number of hydrogen-bond donors (Lipinski definition) is 3. The monoisotopic (exact) mass is 357 g/mol. The van der Waals surface area contributed by atoms with E-state index in [4.69, 9.17) is 0 Å². The lowest BCUT2D eigenvalue weighted by molar-refractivity contribution is -0.141. The highest BCUT2D eigenvalue weighted by Crippen LogP contribution is 2.18. The van der Waals surface area contributed by atoms with E-state index >= 15 is 0 Å². The van der Waals surface area contributed by atoms with Crippen molar-refractivity contribution >= 4 is 28.6 Å². The van der Waals surface area contributed by atoms with Crippen LogP contribution in [0, 0.1) is 0 Å². The molecule has 0 bridgehead atoms. The van der Waals surface area contributed by atoms with E-state index in [1.807, 2.05) is 0 Å². The Morgan fingerprint density at radius 2 is 1.88 bits per heavy atom. The minimum atomic E-state index is -0.915. The van der Waals surface area contributed by atoms with Crippen LogP contribution in [0.1, 0.15) is 25.1 Å². The highest BCUT2D eigenvalue weighted by molar-refractivity contribution is 6.35. The summed E-state index contributed by atoms with van der Waals surface area (Å²) in [6, 6.07) is 7.04. The third-order valence-corrected chi connectivity index (χ3v) is 4.09. The molecule has 0 aliphatic heterocycles. The van der Waals surface area contributed by atoms with Gasteiger partial charge in [0.15, 0.2) is 0 Å². The molecule has 1 aromatic heterocycles. The van der Waals surface area contributed by atoms with Crippen molar-refractivity contribution in [3.05, 3.63) is 40.4 Å². The van der Waals surface area contributed by atoms with Gasteiger partial charge in [-0.15, -0.1) is 0 Å². The molecule has 136 valence electrons. The normalized spacial score (nSPS) is 13.3. The van der Waals surface area contributed by atoms with Crippen molar-refractivity contribution < 1.29 is 14.4 Å². The summed E-state index contributed by atoms with van der Waals surface area (Å²) in [5, 5.41) is 3.03. The first-order valence-corrected chi connectivity index (χ1v) is 8.30. The molecule has 0 atom stereocenters. The fourth-order valence-corrected chi connectivity index (χ4v) is 2.44. The summed E-state index contributed by atoms with van der Waals surface area (Å²) >= 11 is 0. The highest BCUT2D eigenvalue weighted by Gasteiger charge is 2.26. The van der Waals surface area contributed by atoms with Crippen LogP contribution < -0.4 is 21.7 Å². The smallest absolute Gasteiger partial charge is 0.327 e. The predicted octanol–water partition coefficient (Wildman–Crippen LogP) is -0.708. The van der Waals surface area contributed by atoms with Crippen LogP contribution in [0.4, 0.5) is 0 Å². The van der Waals surface area contributed by atoms with Gasteiger partial charge in [0, 0.05) is 25.9 Å². The molecule has 3 rings (SSSR count). The molecule has 9 heteroatoms. The van der Waals surface area contributed by atoms with Gasteiger partial charge in [-0.2, -0.15) is 0 Å². The molecule has 26 heavy (non-hydrogen) atoms. The topological polar surface area (TPSA) is 122 Å². The molecule has 3 N–H and O–H groups in total. The van der Waals surface area contributed by atoms with Gasteiger partial charge in [0.2, 0.25) is 5.91 Å². The maximum Gasteiger partial charge on any atom is 0.327 e. The fraction of sp³-hybridized carbons (Fsp3) is 0.353. The number of aromatic nitrogens is 2. The zero-order chi connectivity index (χ0) is 18.7. The molecule has 0 unspecified atom stereocenters. The first kappa shape index (κ1) is 17.6. The van der Waals surface area contributed by atoms with E-state index in [1.165, 1.54) is 4.57 Å². The Morgan fingerprint density at radius 3 is 2.62 bits per heavy atom. The Balaban J connectivity index is 1.55. The molecule has 1 saturated carbocycles. The molecule has 1 aliphatic rings. The van der Waals surface area contributed by atoms with Crippen molar-refractivity contribution in [3.8, 4) is 0 Å². The fourth-order valence-electron chi connectivity index (χ4n) is 2.44. The van der Waals surface area contributed by atoms with Crippen molar-refractivity contribution in [1.82, 2.24) is 25.7 Å². The predicted molar refractivity (Wildman–Crippen MR) is 92.8 cm³/mol. The molecular weight excluding hydrogens is 338 g/mol. The summed E-state index contributed by atoms with van der Waals surface area (Å²) in [6.45, 7) is 0. The van der Waals surface area contributed by atoms with Crippen LogP contribution in [-0.2, 0) is 27.9 Å². The number of para-hydroxylation sites is 1. The number of aryl methyl sites for hydroxylation is 1. The molecule has 0 spiro atoms. The molecule has 0 radical (unpaired) electrons. The van der Waals surface area contributed by atoms with E-state index in [0.29, 0.717) is 16.7 Å². The van der Waals surface area contributed by atoms with Crippen molar-refractivity contribution in [1.29, 1.82) is 0 Å². The van der Waals surface area contributed by atoms with Crippen molar-refractivity contribution in [2.75, 3.05) is 0 Å². The lowest BCUT2D eigenvalue weighted by atomic mass is 10.2. The van der Waals surface area contributed by atoms with Crippen LogP contribution >= 0.6 is 0 Å². The number of nitrogens with zero attached hydrogens (tertiary/aromatic N) is 2. The molecule has 2 aromatic rings. The van der Waals surface area contributed by atoms with Gasteiger partial charge >= 0.3 is 11.8 Å². The van der Waals surface area contributed by atoms with E-state index in [9.17, 15) is 19.2 Å². The molecule has 1 aliphatic carbocycles. The molecule has 3 amide bonds. The van der Waals surface area contributed by atoms with E-state index < -0.39 is 17.7 Å². The first-order chi connectivity index (χ1) is 12.5. The van der Waals surface area contributed by atoms with Gasteiger partial charge in [-0.1, -0.05) is 12.1 Å². The van der Waals surface area contributed by atoms with Gasteiger partial charge in [0.25, 0.3) is 5.56 Å². The lowest BCUT2D eigenvalue weighted by Gasteiger charge is -2.10. The maximum atomic E-state index is 12.3. The quantitative estimate of drug-likeness (QED) is 0.493. The number of carbonyl (C=O) groups is 3. The maximum absolute atomic E-state index is 12.3. The highest BCUT2D eigenvalue weighted by atomic mass is 16.2. The second kappa shape index (κ2) is 7.34. The van der Waals surface area contributed by atoms with E-state index in [-0.39, 0.29) is 24.4 Å². The van der Waals surface area contributed by atoms with Crippen molar-refractivity contribution in [3.63, 3.8) is 0 Å². The number of hydrogen-bond acceptors (Lipinski definition) is 5. The standard InChI is InChI=1S/C17H19N5O4/c1-22-13(19-12-5-3-2-4-11(12)17(22)26)8-9-14(23)20-21-16(25)15(24)18-10-6-7-10/h2-5,10H,6-9H2,1H3,(H,18,24)(H,20,23)(H,21,25). The van der Waals surface area contributed by atoms with Crippen LogP contribution in [0.25, 0.3) is 10.9 Å². The largest absolute Gasteiger partial charge is 0.345 e. The Kier molecular flexibility index (Phi) is 4.97. The molecular formula is C17H19N5O4. The SMILES string of the molecule is Cn1c(CCC(=O)NNC(=O)C(=O)NC2CC2)nc2ccccc2c1=O. The number of benzene rings is 1. The minimum absolute atomic E-state index is 0.00312. The van der Waals surface area contributed by atoms with E-state index in [1.54, 1.807) is 31.3 Å². The third-order valence-electron chi connectivity index (χ3n) is 4.09. The summed E-state index contributed by atoms with van der Waals surface area (Å²) in [5.41, 5.74) is 4.63. The lowest BCUT2D eigenvalue weighted by Crippen LogP contribution is -2.49. The van der Waals surface area contributed by atoms with Crippen LogP contribution in [0.15, 0.2) is 29.1 Å². The molecule has 0 saturated heterocycles. The van der Waals surface area contributed by atoms with Gasteiger partial charge in [-0.25, -0.2) is 4.98 Å². The van der Waals surface area contributed by atoms with Gasteiger partial charge in [-0.3, -0.25) is 34.6 Å². The Hall–Kier alpha value is -3.23. The van der Waals surface area contributed by atoms with Crippen LogP contribution in [0.2, 0.25) is 0 Å². The van der Waals surface area contributed by atoms with E-state index in [2.05, 4.69) is 21.2 Å². The van der Waals surface area contributed by atoms with Crippen LogP contribution in [0.5, 0.6) is 0 Å². The summed E-state index contributed by atoms with van der Waals surface area (Å²) in [4.78, 5) is 51.6. The first-order valence-electron chi connectivity index (χ1n) is 8.30. The number of nitrogens with one attached hydrogen (secondary N) is 3. The number of carbonyl (C=O) groups excluding carboxylic acids is 3. The molecule has 1 fully saturated rings. The number of rotatable bonds is 4. The zero-order valence-electron chi connectivity index (χ0n) is 14.2. The number of hydrazine groups is 1. The number of fused-ring (bicyclic) bond motifs is 1. The van der Waals surface area contributed by atoms with Crippen molar-refractivity contribution in [2.45, 2.75) is 31.7 Å². The van der Waals surface area contributed by atoms with Gasteiger partial charge in [0.05, 0.1) is 10.9 Å². The minimum Gasteiger partial charge on any atom is -0.345 e. The van der Waals surface area contributed by atoms with Crippen molar-refractivity contribution in [2.24, 2.45) is 7.05 Å². The van der Waals surface area contributed by atoms with E-state index in [0.717, 1.165) is 12.8 Å². The Labute approximate surface area is 148 Å². The molecule has 1 aromatic carbocycles. The third kappa shape index (κ3) is 4.05. The molecule has 9 nitrogen and oxygen atoms in total. The average molecular weight is 357 g/mol. The Bertz CT molecular complexity index is 932. The van der Waals surface area contributed by atoms with Gasteiger partial charge in [-0.05, 0) is 25.0 Å². The van der Waals surface area contributed by atoms with Crippen LogP contribution in [0.3, 0.4) is 0 Å². The summed E-state index contributed by atoms with van der Waals surface area (Å²) in [7, 11) is 1.60.